The molecular weight excluding hydrogens is 280 g/mol. The fourth-order valence-corrected chi connectivity index (χ4v) is 3.90. The molecule has 2 N–H and O–H groups in total. The summed E-state index contributed by atoms with van der Waals surface area (Å²) in [6, 6.07) is 8.17. The van der Waals surface area contributed by atoms with Gasteiger partial charge in [-0.05, 0) is 55.7 Å². The molecule has 1 aromatic heterocycles. The minimum absolute atomic E-state index is 0.000420. The van der Waals surface area contributed by atoms with Gasteiger partial charge in [-0.25, -0.2) is 0 Å². The van der Waals surface area contributed by atoms with E-state index in [9.17, 15) is 4.79 Å². The van der Waals surface area contributed by atoms with E-state index in [-0.39, 0.29) is 11.9 Å². The highest BCUT2D eigenvalue weighted by Gasteiger charge is 2.17. The number of aryl methyl sites for hydroxylation is 2. The number of rotatable bonds is 3. The first-order valence-corrected chi connectivity index (χ1v) is 8.06. The predicted octanol–water partition coefficient (Wildman–Crippen LogP) is 3.46. The van der Waals surface area contributed by atoms with Gasteiger partial charge in [0, 0.05) is 28.4 Å². The van der Waals surface area contributed by atoms with Crippen LogP contribution < -0.4 is 10.6 Å². The Morgan fingerprint density at radius 2 is 2.00 bits per heavy atom. The van der Waals surface area contributed by atoms with Gasteiger partial charge >= 0.3 is 0 Å². The molecule has 3 rings (SSSR count). The van der Waals surface area contributed by atoms with Crippen LogP contribution in [0.4, 0.5) is 0 Å². The highest BCUT2D eigenvalue weighted by Crippen LogP contribution is 2.26. The zero-order chi connectivity index (χ0) is 15.0. The average molecular weight is 300 g/mol. The van der Waals surface area contributed by atoms with E-state index in [2.05, 4.69) is 36.6 Å². The van der Waals surface area contributed by atoms with E-state index < -0.39 is 0 Å². The van der Waals surface area contributed by atoms with Crippen molar-refractivity contribution in [2.24, 2.45) is 0 Å². The number of hydrogen-bond donors (Lipinski definition) is 2. The third-order valence-electron chi connectivity index (χ3n) is 3.99. The number of carbonyl (C=O) groups is 1. The van der Waals surface area contributed by atoms with Crippen molar-refractivity contribution in [2.45, 2.75) is 39.9 Å². The first-order valence-electron chi connectivity index (χ1n) is 7.25. The number of nitrogens with one attached hydrogen (secondary N) is 2. The Labute approximate surface area is 129 Å². The Hall–Kier alpha value is -1.65. The minimum Gasteiger partial charge on any atom is -0.345 e. The maximum absolute atomic E-state index is 12.4. The van der Waals surface area contributed by atoms with Crippen molar-refractivity contribution in [3.05, 3.63) is 56.3 Å². The van der Waals surface area contributed by atoms with Crippen LogP contribution in [0, 0.1) is 13.8 Å². The summed E-state index contributed by atoms with van der Waals surface area (Å²) >= 11 is 1.78. The first kappa shape index (κ1) is 14.3. The molecule has 110 valence electrons. The molecule has 21 heavy (non-hydrogen) atoms. The van der Waals surface area contributed by atoms with Crippen LogP contribution in [0.1, 0.15) is 49.8 Å². The smallest absolute Gasteiger partial charge is 0.251 e. The lowest BCUT2D eigenvalue weighted by molar-refractivity contribution is 0.0940. The summed E-state index contributed by atoms with van der Waals surface area (Å²) in [4.78, 5) is 15.0. The van der Waals surface area contributed by atoms with Gasteiger partial charge in [0.2, 0.25) is 0 Å². The standard InChI is InChI=1S/C17H20N2OS/c1-10-6-16(12(3)21-10)11(2)19-17(20)13-4-5-14-8-18-9-15(14)7-13/h4-7,11,18H,8-9H2,1-3H3,(H,19,20). The van der Waals surface area contributed by atoms with Gasteiger partial charge in [0.1, 0.15) is 0 Å². The Morgan fingerprint density at radius 3 is 2.71 bits per heavy atom. The fourth-order valence-electron chi connectivity index (χ4n) is 2.87. The fraction of sp³-hybridized carbons (Fsp3) is 0.353. The second-order valence-electron chi connectivity index (χ2n) is 5.65. The number of fused-ring (bicyclic) bond motifs is 1. The molecule has 0 saturated carbocycles. The summed E-state index contributed by atoms with van der Waals surface area (Å²) in [6.45, 7) is 8.01. The van der Waals surface area contributed by atoms with Crippen LogP contribution in [0.5, 0.6) is 0 Å². The largest absolute Gasteiger partial charge is 0.345 e. The molecule has 2 heterocycles. The molecule has 4 heteroatoms. The first-order chi connectivity index (χ1) is 10.0. The van der Waals surface area contributed by atoms with E-state index in [0.29, 0.717) is 0 Å². The number of thiophene rings is 1. The monoisotopic (exact) mass is 300 g/mol. The van der Waals surface area contributed by atoms with Crippen LogP contribution in [0.25, 0.3) is 0 Å². The summed E-state index contributed by atoms with van der Waals surface area (Å²) in [6.07, 6.45) is 0. The van der Waals surface area contributed by atoms with E-state index >= 15 is 0 Å². The molecule has 0 fully saturated rings. The van der Waals surface area contributed by atoms with Crippen molar-refractivity contribution in [2.75, 3.05) is 0 Å². The molecule has 1 aliphatic rings. The number of amides is 1. The highest BCUT2D eigenvalue weighted by atomic mass is 32.1. The van der Waals surface area contributed by atoms with Gasteiger partial charge in [0.25, 0.3) is 5.91 Å². The summed E-state index contributed by atoms with van der Waals surface area (Å²) in [7, 11) is 0. The molecule has 1 amide bonds. The second kappa shape index (κ2) is 5.62. The van der Waals surface area contributed by atoms with Crippen molar-refractivity contribution in [1.29, 1.82) is 0 Å². The maximum Gasteiger partial charge on any atom is 0.251 e. The zero-order valence-corrected chi connectivity index (χ0v) is 13.4. The van der Waals surface area contributed by atoms with Crippen molar-refractivity contribution in [1.82, 2.24) is 10.6 Å². The molecule has 1 unspecified atom stereocenters. The summed E-state index contributed by atoms with van der Waals surface area (Å²) in [5.74, 6) is 0.000420. The molecule has 1 aromatic carbocycles. The number of hydrogen-bond acceptors (Lipinski definition) is 3. The third kappa shape index (κ3) is 2.87. The van der Waals surface area contributed by atoms with Gasteiger partial charge in [0.05, 0.1) is 6.04 Å². The molecule has 0 radical (unpaired) electrons. The van der Waals surface area contributed by atoms with Crippen LogP contribution in [0.3, 0.4) is 0 Å². The molecule has 1 aliphatic heterocycles. The Balaban J connectivity index is 1.75. The summed E-state index contributed by atoms with van der Waals surface area (Å²) < 4.78 is 0. The predicted molar refractivity (Wildman–Crippen MR) is 86.7 cm³/mol. The van der Waals surface area contributed by atoms with Crippen LogP contribution in [0.2, 0.25) is 0 Å². The molecule has 1 atom stereocenters. The molecule has 0 spiro atoms. The molecule has 0 saturated heterocycles. The van der Waals surface area contributed by atoms with Gasteiger partial charge < -0.3 is 10.6 Å². The average Bonchev–Trinajstić information content (AvgIpc) is 3.03. The third-order valence-corrected chi connectivity index (χ3v) is 4.97. The van der Waals surface area contributed by atoms with Crippen LogP contribution in [-0.4, -0.2) is 5.91 Å². The normalized spacial score (nSPS) is 14.8. The van der Waals surface area contributed by atoms with Gasteiger partial charge in [0.15, 0.2) is 0 Å². The maximum atomic E-state index is 12.4. The van der Waals surface area contributed by atoms with Crippen molar-refractivity contribution < 1.29 is 4.79 Å². The van der Waals surface area contributed by atoms with Crippen LogP contribution in [0.15, 0.2) is 24.3 Å². The molecule has 0 aliphatic carbocycles. The van der Waals surface area contributed by atoms with E-state index in [0.717, 1.165) is 18.7 Å². The van der Waals surface area contributed by atoms with Gasteiger partial charge in [-0.15, -0.1) is 11.3 Å². The minimum atomic E-state index is 0.000420. The second-order valence-corrected chi connectivity index (χ2v) is 7.11. The Morgan fingerprint density at radius 1 is 1.24 bits per heavy atom. The van der Waals surface area contributed by atoms with Gasteiger partial charge in [-0.1, -0.05) is 6.07 Å². The highest BCUT2D eigenvalue weighted by molar-refractivity contribution is 7.12. The van der Waals surface area contributed by atoms with Crippen molar-refractivity contribution in [3.63, 3.8) is 0 Å². The SMILES string of the molecule is Cc1cc(C(C)NC(=O)c2ccc3c(c2)CNC3)c(C)s1. The Bertz CT molecular complexity index is 690. The molecular formula is C17H20N2OS. The van der Waals surface area contributed by atoms with E-state index in [1.807, 2.05) is 19.1 Å². The Kier molecular flexibility index (Phi) is 3.83. The lowest BCUT2D eigenvalue weighted by Crippen LogP contribution is -2.26. The van der Waals surface area contributed by atoms with Crippen LogP contribution in [-0.2, 0) is 13.1 Å². The topological polar surface area (TPSA) is 41.1 Å². The molecule has 0 bridgehead atoms. The summed E-state index contributed by atoms with van der Waals surface area (Å²) in [5.41, 5.74) is 4.49. The number of benzene rings is 1. The van der Waals surface area contributed by atoms with Crippen molar-refractivity contribution >= 4 is 17.2 Å². The van der Waals surface area contributed by atoms with Crippen molar-refractivity contribution in [3.8, 4) is 0 Å². The van der Waals surface area contributed by atoms with Gasteiger partial charge in [-0.2, -0.15) is 0 Å². The van der Waals surface area contributed by atoms with E-state index in [1.54, 1.807) is 11.3 Å². The lowest BCUT2D eigenvalue weighted by atomic mass is 10.0. The summed E-state index contributed by atoms with van der Waals surface area (Å²) in [5, 5.41) is 6.41. The zero-order valence-electron chi connectivity index (χ0n) is 12.6. The molecule has 3 nitrogen and oxygen atoms in total. The lowest BCUT2D eigenvalue weighted by Gasteiger charge is -2.14. The molecule has 2 aromatic rings. The van der Waals surface area contributed by atoms with Crippen LogP contribution >= 0.6 is 11.3 Å². The van der Waals surface area contributed by atoms with Gasteiger partial charge in [-0.3, -0.25) is 4.79 Å². The quantitative estimate of drug-likeness (QED) is 0.911. The van der Waals surface area contributed by atoms with E-state index in [4.69, 9.17) is 0 Å². The number of carbonyl (C=O) groups excluding carboxylic acids is 1. The van der Waals surface area contributed by atoms with E-state index in [1.165, 1.54) is 26.4 Å².